The third-order valence-corrected chi connectivity index (χ3v) is 6.49. The zero-order valence-electron chi connectivity index (χ0n) is 18.0. The van der Waals surface area contributed by atoms with E-state index in [-0.39, 0.29) is 24.3 Å². The van der Waals surface area contributed by atoms with E-state index >= 15 is 0 Å². The summed E-state index contributed by atoms with van der Waals surface area (Å²) in [5.41, 5.74) is 2.12. The van der Waals surface area contributed by atoms with E-state index in [2.05, 4.69) is 27.4 Å². The van der Waals surface area contributed by atoms with Gasteiger partial charge in [-0.1, -0.05) is 25.1 Å². The summed E-state index contributed by atoms with van der Waals surface area (Å²) in [5.74, 6) is -0.312. The van der Waals surface area contributed by atoms with Crippen molar-refractivity contribution in [1.29, 1.82) is 0 Å². The highest BCUT2D eigenvalue weighted by molar-refractivity contribution is 6.04. The van der Waals surface area contributed by atoms with Crippen LogP contribution in [0.3, 0.4) is 0 Å². The number of carbonyl (C=O) groups is 3. The maximum Gasteiger partial charge on any atom is 0.324 e. The number of benzene rings is 1. The lowest BCUT2D eigenvalue weighted by Gasteiger charge is -2.22. The molecule has 1 aromatic heterocycles. The number of aromatic amines is 1. The van der Waals surface area contributed by atoms with Crippen LogP contribution < -0.4 is 10.6 Å². The van der Waals surface area contributed by atoms with E-state index < -0.39 is 6.04 Å². The first-order valence-corrected chi connectivity index (χ1v) is 11.2. The fraction of sp³-hybridized carbons (Fsp3) is 0.522. The monoisotopic (exact) mass is 425 g/mol. The van der Waals surface area contributed by atoms with Gasteiger partial charge in [-0.2, -0.15) is 0 Å². The molecule has 0 saturated carbocycles. The molecule has 2 aliphatic rings. The number of imide groups is 1. The molecule has 2 saturated heterocycles. The standard InChI is InChI=1S/C23H31N5O3/c1-2-27-12-5-6-17(27)15-25-21(29)10-9-20-22(30)28(23(31)26-20)13-11-16-14-24-19-8-4-3-7-18(16)19/h3-4,7-8,14,17,20,24H,2,5-6,9-13,15H2,1H3,(H,25,29)(H,26,31)/t17-,20+/m1/s1. The Hall–Kier alpha value is -2.87. The second kappa shape index (κ2) is 9.51. The van der Waals surface area contributed by atoms with E-state index in [1.807, 2.05) is 30.5 Å². The van der Waals surface area contributed by atoms with Crippen LogP contribution in [-0.4, -0.2) is 70.9 Å². The molecule has 2 aromatic rings. The van der Waals surface area contributed by atoms with Crippen molar-refractivity contribution in [3.05, 3.63) is 36.0 Å². The summed E-state index contributed by atoms with van der Waals surface area (Å²) in [6, 6.07) is 7.37. The molecule has 0 radical (unpaired) electrons. The van der Waals surface area contributed by atoms with Crippen molar-refractivity contribution >= 4 is 28.7 Å². The Morgan fingerprint density at radius 3 is 2.94 bits per heavy atom. The molecule has 8 nitrogen and oxygen atoms in total. The van der Waals surface area contributed by atoms with Crippen LogP contribution in [0.4, 0.5) is 4.79 Å². The Balaban J connectivity index is 1.24. The van der Waals surface area contributed by atoms with Gasteiger partial charge in [-0.05, 0) is 50.4 Å². The number of nitrogens with zero attached hydrogens (tertiary/aromatic N) is 2. The topological polar surface area (TPSA) is 97.5 Å². The fourth-order valence-electron chi connectivity index (χ4n) is 4.69. The highest BCUT2D eigenvalue weighted by Gasteiger charge is 2.37. The zero-order valence-corrected chi connectivity index (χ0v) is 18.0. The first-order chi connectivity index (χ1) is 15.1. The van der Waals surface area contributed by atoms with E-state index in [9.17, 15) is 14.4 Å². The van der Waals surface area contributed by atoms with Crippen molar-refractivity contribution in [3.63, 3.8) is 0 Å². The summed E-state index contributed by atoms with van der Waals surface area (Å²) >= 11 is 0. The minimum Gasteiger partial charge on any atom is -0.361 e. The van der Waals surface area contributed by atoms with E-state index in [1.165, 1.54) is 11.3 Å². The average molecular weight is 426 g/mol. The largest absolute Gasteiger partial charge is 0.361 e. The molecule has 2 atom stereocenters. The Morgan fingerprint density at radius 1 is 1.26 bits per heavy atom. The van der Waals surface area contributed by atoms with Gasteiger partial charge in [0.25, 0.3) is 5.91 Å². The number of H-pyrrole nitrogens is 1. The molecule has 31 heavy (non-hydrogen) atoms. The van der Waals surface area contributed by atoms with Crippen LogP contribution in [0.2, 0.25) is 0 Å². The number of rotatable bonds is 9. The van der Waals surface area contributed by atoms with Gasteiger partial charge in [0.05, 0.1) is 0 Å². The molecule has 1 aromatic carbocycles. The number of likely N-dealkylation sites (tertiary alicyclic amines) is 1. The molecule has 2 aliphatic heterocycles. The quantitative estimate of drug-likeness (QED) is 0.536. The molecule has 0 unspecified atom stereocenters. The number of hydrogen-bond acceptors (Lipinski definition) is 4. The van der Waals surface area contributed by atoms with Crippen LogP contribution in [0.5, 0.6) is 0 Å². The number of carbonyl (C=O) groups excluding carboxylic acids is 3. The van der Waals surface area contributed by atoms with Crippen LogP contribution >= 0.6 is 0 Å². The molecule has 0 spiro atoms. The maximum atomic E-state index is 12.7. The number of fused-ring (bicyclic) bond motifs is 1. The van der Waals surface area contributed by atoms with Crippen LogP contribution in [-0.2, 0) is 16.0 Å². The summed E-state index contributed by atoms with van der Waals surface area (Å²) < 4.78 is 0. The number of amides is 4. The van der Waals surface area contributed by atoms with Crippen molar-refractivity contribution in [3.8, 4) is 0 Å². The number of para-hydroxylation sites is 1. The molecule has 166 valence electrons. The number of likely N-dealkylation sites (N-methyl/N-ethyl adjacent to an activating group) is 1. The van der Waals surface area contributed by atoms with Gasteiger partial charge in [0.15, 0.2) is 0 Å². The van der Waals surface area contributed by atoms with Crippen LogP contribution in [0.25, 0.3) is 10.9 Å². The van der Waals surface area contributed by atoms with Crippen molar-refractivity contribution in [2.24, 2.45) is 0 Å². The predicted molar refractivity (Wildman–Crippen MR) is 119 cm³/mol. The maximum absolute atomic E-state index is 12.7. The molecule has 4 amide bonds. The third kappa shape index (κ3) is 4.74. The van der Waals surface area contributed by atoms with Gasteiger partial charge in [0.2, 0.25) is 5.91 Å². The smallest absolute Gasteiger partial charge is 0.324 e. The Bertz CT molecular complexity index is 956. The molecular weight excluding hydrogens is 394 g/mol. The SMILES string of the molecule is CCN1CCC[C@@H]1CNC(=O)CC[C@@H]1NC(=O)N(CCc2c[nH]c3ccccc23)C1=O. The van der Waals surface area contributed by atoms with Crippen molar-refractivity contribution in [2.45, 2.75) is 51.1 Å². The first-order valence-electron chi connectivity index (χ1n) is 11.2. The van der Waals surface area contributed by atoms with E-state index in [4.69, 9.17) is 0 Å². The normalized spacial score (nSPS) is 21.8. The molecule has 2 fully saturated rings. The van der Waals surface area contributed by atoms with Gasteiger partial charge in [-0.25, -0.2) is 4.79 Å². The summed E-state index contributed by atoms with van der Waals surface area (Å²) in [5, 5.41) is 6.82. The Kier molecular flexibility index (Phi) is 6.56. The number of urea groups is 1. The second-order valence-corrected chi connectivity index (χ2v) is 8.37. The van der Waals surface area contributed by atoms with Crippen LogP contribution in [0.15, 0.2) is 30.5 Å². The summed E-state index contributed by atoms with van der Waals surface area (Å²) in [7, 11) is 0. The first kappa shape index (κ1) is 21.4. The highest BCUT2D eigenvalue weighted by atomic mass is 16.2. The van der Waals surface area contributed by atoms with Gasteiger partial charge in [0.1, 0.15) is 6.04 Å². The zero-order chi connectivity index (χ0) is 21.8. The third-order valence-electron chi connectivity index (χ3n) is 6.49. The lowest BCUT2D eigenvalue weighted by Crippen LogP contribution is -2.40. The molecule has 0 aliphatic carbocycles. The van der Waals surface area contributed by atoms with Crippen molar-refractivity contribution in [1.82, 2.24) is 25.4 Å². The minimum atomic E-state index is -0.625. The molecular formula is C23H31N5O3. The molecule has 0 bridgehead atoms. The summed E-state index contributed by atoms with van der Waals surface area (Å²) in [4.78, 5) is 44.1. The minimum absolute atomic E-state index is 0.0674. The van der Waals surface area contributed by atoms with E-state index in [0.29, 0.717) is 32.0 Å². The number of nitrogens with one attached hydrogen (secondary N) is 3. The summed E-state index contributed by atoms with van der Waals surface area (Å²) in [6.07, 6.45) is 5.34. The van der Waals surface area contributed by atoms with Gasteiger partial charge >= 0.3 is 6.03 Å². The predicted octanol–water partition coefficient (Wildman–Crippen LogP) is 2.01. The van der Waals surface area contributed by atoms with Crippen LogP contribution in [0, 0.1) is 0 Å². The van der Waals surface area contributed by atoms with Crippen molar-refractivity contribution in [2.75, 3.05) is 26.2 Å². The summed E-state index contributed by atoms with van der Waals surface area (Å²) in [6.45, 7) is 5.20. The van der Waals surface area contributed by atoms with E-state index in [1.54, 1.807) is 0 Å². The Morgan fingerprint density at radius 2 is 2.10 bits per heavy atom. The lowest BCUT2D eigenvalue weighted by molar-refractivity contribution is -0.127. The van der Waals surface area contributed by atoms with E-state index in [0.717, 1.165) is 36.0 Å². The molecule has 4 rings (SSSR count). The van der Waals surface area contributed by atoms with Gasteiger partial charge in [0, 0.05) is 42.7 Å². The number of hydrogen-bond donors (Lipinski definition) is 3. The number of aromatic nitrogens is 1. The van der Waals surface area contributed by atoms with Gasteiger partial charge in [-0.15, -0.1) is 0 Å². The van der Waals surface area contributed by atoms with Gasteiger partial charge in [-0.3, -0.25) is 19.4 Å². The fourth-order valence-corrected chi connectivity index (χ4v) is 4.69. The average Bonchev–Trinajstić information content (AvgIpc) is 3.47. The Labute approximate surface area is 182 Å². The lowest BCUT2D eigenvalue weighted by atomic mass is 10.1. The highest BCUT2D eigenvalue weighted by Crippen LogP contribution is 2.20. The van der Waals surface area contributed by atoms with Crippen LogP contribution in [0.1, 0.15) is 38.2 Å². The molecule has 8 heteroatoms. The molecule has 3 heterocycles. The van der Waals surface area contributed by atoms with Gasteiger partial charge < -0.3 is 15.6 Å². The molecule has 3 N–H and O–H groups in total. The van der Waals surface area contributed by atoms with Crippen molar-refractivity contribution < 1.29 is 14.4 Å². The second-order valence-electron chi connectivity index (χ2n) is 8.37.